The molecule has 1 unspecified atom stereocenters. The van der Waals surface area contributed by atoms with Crippen LogP contribution in [0.25, 0.3) is 0 Å². The minimum absolute atomic E-state index is 0.314. The van der Waals surface area contributed by atoms with E-state index in [1.165, 1.54) is 5.57 Å². The molecule has 0 amide bonds. The molecular formula is C9H13N. The summed E-state index contributed by atoms with van der Waals surface area (Å²) in [6, 6.07) is 2.33. The summed E-state index contributed by atoms with van der Waals surface area (Å²) in [5.41, 5.74) is 1.46. The van der Waals surface area contributed by atoms with Gasteiger partial charge in [-0.05, 0) is 32.6 Å². The Balaban J connectivity index is 2.45. The molecule has 0 N–H and O–H groups in total. The molecule has 0 bridgehead atoms. The Morgan fingerprint density at radius 1 is 1.60 bits per heavy atom. The lowest BCUT2D eigenvalue weighted by atomic mass is 10.0. The zero-order chi connectivity index (χ0) is 7.40. The Morgan fingerprint density at radius 2 is 2.40 bits per heavy atom. The van der Waals surface area contributed by atoms with Crippen molar-refractivity contribution < 1.29 is 0 Å². The van der Waals surface area contributed by atoms with E-state index in [2.05, 4.69) is 19.1 Å². The summed E-state index contributed by atoms with van der Waals surface area (Å²) >= 11 is 0. The average molecular weight is 135 g/mol. The van der Waals surface area contributed by atoms with Gasteiger partial charge in [0, 0.05) is 5.92 Å². The van der Waals surface area contributed by atoms with Crippen LogP contribution in [0.1, 0.15) is 32.6 Å². The molecule has 1 nitrogen and oxygen atoms in total. The van der Waals surface area contributed by atoms with Crippen molar-refractivity contribution in [2.45, 2.75) is 32.6 Å². The number of nitriles is 1. The number of rotatable bonds is 0. The molecule has 0 aliphatic heterocycles. The zero-order valence-electron chi connectivity index (χ0n) is 6.43. The summed E-state index contributed by atoms with van der Waals surface area (Å²) in [6.07, 6.45) is 6.62. The molecule has 1 aliphatic rings. The van der Waals surface area contributed by atoms with Gasteiger partial charge in [0.1, 0.15) is 0 Å². The van der Waals surface area contributed by atoms with Crippen LogP contribution in [-0.4, -0.2) is 0 Å². The van der Waals surface area contributed by atoms with Gasteiger partial charge in [0.15, 0.2) is 0 Å². The third kappa shape index (κ3) is 1.88. The summed E-state index contributed by atoms with van der Waals surface area (Å²) in [5.74, 6) is 0.314. The van der Waals surface area contributed by atoms with Crippen LogP contribution in [0, 0.1) is 17.2 Å². The second kappa shape index (κ2) is 3.41. The molecule has 1 rings (SSSR count). The molecule has 0 spiro atoms. The predicted octanol–water partition coefficient (Wildman–Crippen LogP) is 2.65. The molecule has 1 heteroatoms. The maximum Gasteiger partial charge on any atom is 0.0656 e. The fourth-order valence-corrected chi connectivity index (χ4v) is 1.31. The molecule has 0 saturated carbocycles. The monoisotopic (exact) mass is 135 g/mol. The lowest BCUT2D eigenvalue weighted by Gasteiger charge is -2.01. The first kappa shape index (κ1) is 7.34. The van der Waals surface area contributed by atoms with Crippen molar-refractivity contribution in [2.24, 2.45) is 5.92 Å². The van der Waals surface area contributed by atoms with Crippen LogP contribution in [0.4, 0.5) is 0 Å². The molecule has 0 aromatic heterocycles. The minimum atomic E-state index is 0.314. The highest BCUT2D eigenvalue weighted by atomic mass is 14.3. The fraction of sp³-hybridized carbons (Fsp3) is 0.667. The summed E-state index contributed by atoms with van der Waals surface area (Å²) < 4.78 is 0. The smallest absolute Gasteiger partial charge is 0.0656 e. The van der Waals surface area contributed by atoms with Crippen molar-refractivity contribution in [1.29, 1.82) is 5.26 Å². The number of hydrogen-bond donors (Lipinski definition) is 0. The van der Waals surface area contributed by atoms with E-state index < -0.39 is 0 Å². The van der Waals surface area contributed by atoms with Crippen LogP contribution in [0.2, 0.25) is 0 Å². The van der Waals surface area contributed by atoms with Gasteiger partial charge in [-0.25, -0.2) is 0 Å². The normalized spacial score (nSPS) is 26.4. The van der Waals surface area contributed by atoms with E-state index in [9.17, 15) is 0 Å². The predicted molar refractivity (Wildman–Crippen MR) is 41.3 cm³/mol. The maximum atomic E-state index is 8.63. The fourth-order valence-electron chi connectivity index (χ4n) is 1.31. The van der Waals surface area contributed by atoms with Gasteiger partial charge in [0.05, 0.1) is 6.07 Å². The van der Waals surface area contributed by atoms with E-state index >= 15 is 0 Å². The largest absolute Gasteiger partial charge is 0.198 e. The lowest BCUT2D eigenvalue weighted by Crippen LogP contribution is -1.93. The average Bonchev–Trinajstić information content (AvgIpc) is 2.14. The van der Waals surface area contributed by atoms with Gasteiger partial charge < -0.3 is 0 Å². The maximum absolute atomic E-state index is 8.63. The van der Waals surface area contributed by atoms with Crippen LogP contribution in [0.5, 0.6) is 0 Å². The number of nitrogens with zero attached hydrogens (tertiary/aromatic N) is 1. The quantitative estimate of drug-likeness (QED) is 0.468. The van der Waals surface area contributed by atoms with E-state index in [-0.39, 0.29) is 0 Å². The van der Waals surface area contributed by atoms with Gasteiger partial charge in [0.2, 0.25) is 0 Å². The molecule has 0 aromatic rings. The molecule has 1 atom stereocenters. The summed E-state index contributed by atoms with van der Waals surface area (Å²) in [7, 11) is 0. The van der Waals surface area contributed by atoms with Crippen molar-refractivity contribution in [2.75, 3.05) is 0 Å². The summed E-state index contributed by atoms with van der Waals surface area (Å²) in [4.78, 5) is 0. The van der Waals surface area contributed by atoms with Crippen molar-refractivity contribution in [3.63, 3.8) is 0 Å². The third-order valence-corrected chi connectivity index (χ3v) is 2.08. The lowest BCUT2D eigenvalue weighted by molar-refractivity contribution is 0.578. The van der Waals surface area contributed by atoms with E-state index in [1.807, 2.05) is 0 Å². The molecule has 0 fully saturated rings. The Bertz CT molecular complexity index is 174. The van der Waals surface area contributed by atoms with Gasteiger partial charge in [-0.1, -0.05) is 11.6 Å². The molecule has 0 radical (unpaired) electrons. The molecule has 0 aromatic carbocycles. The van der Waals surface area contributed by atoms with Crippen LogP contribution < -0.4 is 0 Å². The molecule has 0 heterocycles. The summed E-state index contributed by atoms with van der Waals surface area (Å²) in [6.45, 7) is 2.15. The highest BCUT2D eigenvalue weighted by molar-refractivity contribution is 5.03. The Labute approximate surface area is 62.4 Å². The Hall–Kier alpha value is -0.770. The van der Waals surface area contributed by atoms with Crippen LogP contribution in [0.3, 0.4) is 0 Å². The second-order valence-electron chi connectivity index (χ2n) is 2.99. The Kier molecular flexibility index (Phi) is 2.50. The van der Waals surface area contributed by atoms with Crippen molar-refractivity contribution in [3.05, 3.63) is 11.6 Å². The molecular weight excluding hydrogens is 122 g/mol. The first-order chi connectivity index (χ1) is 4.83. The first-order valence-corrected chi connectivity index (χ1v) is 3.88. The van der Waals surface area contributed by atoms with E-state index in [0.29, 0.717) is 5.92 Å². The third-order valence-electron chi connectivity index (χ3n) is 2.08. The molecule has 10 heavy (non-hydrogen) atoms. The van der Waals surface area contributed by atoms with Gasteiger partial charge in [-0.3, -0.25) is 0 Å². The SMILES string of the molecule is CC1=CCCC(C#N)CC1. The molecule has 0 saturated heterocycles. The molecule has 54 valence electrons. The standard InChI is InChI=1S/C9H13N/c1-8-3-2-4-9(7-10)6-5-8/h3,9H,2,4-6H2,1H3. The van der Waals surface area contributed by atoms with Crippen molar-refractivity contribution in [3.8, 4) is 6.07 Å². The Morgan fingerprint density at radius 3 is 3.10 bits per heavy atom. The summed E-state index contributed by atoms with van der Waals surface area (Å²) in [5, 5.41) is 8.63. The van der Waals surface area contributed by atoms with Crippen LogP contribution in [-0.2, 0) is 0 Å². The number of hydrogen-bond acceptors (Lipinski definition) is 1. The van der Waals surface area contributed by atoms with Crippen LogP contribution in [0.15, 0.2) is 11.6 Å². The molecule has 1 aliphatic carbocycles. The first-order valence-electron chi connectivity index (χ1n) is 3.88. The highest BCUT2D eigenvalue weighted by Gasteiger charge is 2.09. The van der Waals surface area contributed by atoms with E-state index in [1.54, 1.807) is 0 Å². The van der Waals surface area contributed by atoms with Crippen molar-refractivity contribution >= 4 is 0 Å². The topological polar surface area (TPSA) is 23.8 Å². The van der Waals surface area contributed by atoms with Gasteiger partial charge in [-0.15, -0.1) is 0 Å². The van der Waals surface area contributed by atoms with Crippen molar-refractivity contribution in [1.82, 2.24) is 0 Å². The van der Waals surface area contributed by atoms with E-state index in [0.717, 1.165) is 25.7 Å². The van der Waals surface area contributed by atoms with E-state index in [4.69, 9.17) is 5.26 Å². The van der Waals surface area contributed by atoms with Gasteiger partial charge in [0.25, 0.3) is 0 Å². The minimum Gasteiger partial charge on any atom is -0.198 e. The number of allylic oxidation sites excluding steroid dienone is 2. The zero-order valence-corrected chi connectivity index (χ0v) is 6.43. The highest BCUT2D eigenvalue weighted by Crippen LogP contribution is 2.21. The van der Waals surface area contributed by atoms with Crippen LogP contribution >= 0.6 is 0 Å². The second-order valence-corrected chi connectivity index (χ2v) is 2.99. The van der Waals surface area contributed by atoms with Gasteiger partial charge >= 0.3 is 0 Å². The van der Waals surface area contributed by atoms with Gasteiger partial charge in [-0.2, -0.15) is 5.26 Å².